The number of imide groups is 1. The first-order valence-corrected chi connectivity index (χ1v) is 8.55. The van der Waals surface area contributed by atoms with Crippen molar-refractivity contribution in [3.63, 3.8) is 0 Å². The maximum atomic E-state index is 12.8. The molecule has 0 unspecified atom stereocenters. The fourth-order valence-electron chi connectivity index (χ4n) is 2.84. The molecule has 0 aromatic heterocycles. The van der Waals surface area contributed by atoms with E-state index in [4.69, 9.17) is 16.3 Å². The molecular weight excluding hydrogens is 370 g/mol. The summed E-state index contributed by atoms with van der Waals surface area (Å²) in [5.41, 5.74) is -0.126. The van der Waals surface area contributed by atoms with Crippen LogP contribution in [0.1, 0.15) is 12.5 Å². The Morgan fingerprint density at radius 1 is 1.15 bits per heavy atom. The Kier molecular flexibility index (Phi) is 5.05. The molecule has 1 atom stereocenters. The summed E-state index contributed by atoms with van der Waals surface area (Å²) in [4.78, 5) is 38.3. The zero-order valence-electron chi connectivity index (χ0n) is 14.8. The van der Waals surface area contributed by atoms with Crippen LogP contribution in [0.3, 0.4) is 0 Å². The summed E-state index contributed by atoms with van der Waals surface area (Å²) < 4.78 is 5.06. The van der Waals surface area contributed by atoms with Gasteiger partial charge in [-0.05, 0) is 48.9 Å². The first-order valence-electron chi connectivity index (χ1n) is 8.17. The maximum Gasteiger partial charge on any atom is 0.325 e. The monoisotopic (exact) mass is 387 g/mol. The minimum Gasteiger partial charge on any atom is -0.497 e. The van der Waals surface area contributed by atoms with Gasteiger partial charge in [0.1, 0.15) is 17.8 Å². The van der Waals surface area contributed by atoms with E-state index in [0.29, 0.717) is 22.0 Å². The third-order valence-electron chi connectivity index (χ3n) is 4.37. The molecule has 2 aromatic rings. The second-order valence-electron chi connectivity index (χ2n) is 6.23. The van der Waals surface area contributed by atoms with E-state index in [0.717, 1.165) is 4.90 Å². The maximum absolute atomic E-state index is 12.8. The van der Waals surface area contributed by atoms with Crippen LogP contribution in [0.2, 0.25) is 5.02 Å². The Bertz CT molecular complexity index is 883. The molecule has 0 radical (unpaired) electrons. The lowest BCUT2D eigenvalue weighted by Crippen LogP contribution is -2.42. The highest BCUT2D eigenvalue weighted by Crippen LogP contribution is 2.29. The number of rotatable bonds is 5. The van der Waals surface area contributed by atoms with Gasteiger partial charge in [0.05, 0.1) is 7.11 Å². The standard InChI is InChI=1S/C19H18ClN3O4/c1-19(12-3-5-13(20)6-4-12)17(25)23(18(26)22-19)11-16(24)21-14-7-9-15(27-2)10-8-14/h3-10H,11H2,1-2H3,(H,21,24)(H,22,26)/t19-/m0/s1. The lowest BCUT2D eigenvalue weighted by molar-refractivity contribution is -0.133. The van der Waals surface area contributed by atoms with Gasteiger partial charge in [0.15, 0.2) is 0 Å². The van der Waals surface area contributed by atoms with Crippen LogP contribution in [0, 0.1) is 0 Å². The predicted molar refractivity (Wildman–Crippen MR) is 101 cm³/mol. The van der Waals surface area contributed by atoms with Gasteiger partial charge >= 0.3 is 6.03 Å². The van der Waals surface area contributed by atoms with Crippen molar-refractivity contribution >= 4 is 35.1 Å². The van der Waals surface area contributed by atoms with Crippen LogP contribution in [0.25, 0.3) is 0 Å². The fraction of sp³-hybridized carbons (Fsp3) is 0.211. The number of ether oxygens (including phenoxy) is 1. The summed E-state index contributed by atoms with van der Waals surface area (Å²) in [6.07, 6.45) is 0. The third kappa shape index (κ3) is 3.73. The molecule has 1 aliphatic rings. The number of hydrogen-bond donors (Lipinski definition) is 2. The van der Waals surface area contributed by atoms with Gasteiger partial charge in [-0.25, -0.2) is 4.79 Å². The van der Waals surface area contributed by atoms with Gasteiger partial charge in [0, 0.05) is 10.7 Å². The first-order chi connectivity index (χ1) is 12.8. The zero-order valence-corrected chi connectivity index (χ0v) is 15.5. The molecule has 2 N–H and O–H groups in total. The summed E-state index contributed by atoms with van der Waals surface area (Å²) in [5.74, 6) is -0.329. The van der Waals surface area contributed by atoms with E-state index in [9.17, 15) is 14.4 Å². The largest absolute Gasteiger partial charge is 0.497 e. The molecule has 140 valence electrons. The van der Waals surface area contributed by atoms with Crippen LogP contribution < -0.4 is 15.4 Å². The number of hydrogen-bond acceptors (Lipinski definition) is 4. The first kappa shape index (κ1) is 18.7. The third-order valence-corrected chi connectivity index (χ3v) is 4.62. The van der Waals surface area contributed by atoms with Gasteiger partial charge in [0.2, 0.25) is 5.91 Å². The number of halogens is 1. The van der Waals surface area contributed by atoms with E-state index in [1.807, 2.05) is 0 Å². The van der Waals surface area contributed by atoms with Crippen molar-refractivity contribution in [3.8, 4) is 5.75 Å². The Morgan fingerprint density at radius 2 is 1.78 bits per heavy atom. The minimum atomic E-state index is -1.25. The van der Waals surface area contributed by atoms with E-state index in [-0.39, 0.29) is 6.54 Å². The Labute approximate surface area is 161 Å². The average Bonchev–Trinajstić information content (AvgIpc) is 2.87. The summed E-state index contributed by atoms with van der Waals surface area (Å²) in [6.45, 7) is 1.21. The van der Waals surface area contributed by atoms with E-state index >= 15 is 0 Å². The van der Waals surface area contributed by atoms with Crippen molar-refractivity contribution in [2.24, 2.45) is 0 Å². The number of carbonyl (C=O) groups excluding carboxylic acids is 3. The van der Waals surface area contributed by atoms with Crippen molar-refractivity contribution in [2.45, 2.75) is 12.5 Å². The number of amides is 4. The molecule has 4 amide bonds. The molecule has 1 fully saturated rings. The van der Waals surface area contributed by atoms with Crippen molar-refractivity contribution in [2.75, 3.05) is 19.0 Å². The second kappa shape index (κ2) is 7.28. The molecule has 0 aliphatic carbocycles. The number of anilines is 1. The van der Waals surface area contributed by atoms with Gasteiger partial charge in [-0.15, -0.1) is 0 Å². The van der Waals surface area contributed by atoms with E-state index in [1.54, 1.807) is 62.6 Å². The SMILES string of the molecule is COc1ccc(NC(=O)CN2C(=O)N[C@@](C)(c3ccc(Cl)cc3)C2=O)cc1. The molecule has 1 aliphatic heterocycles. The van der Waals surface area contributed by atoms with Gasteiger partial charge < -0.3 is 15.4 Å². The Morgan fingerprint density at radius 3 is 2.37 bits per heavy atom. The molecule has 3 rings (SSSR count). The molecule has 8 heteroatoms. The number of benzene rings is 2. The number of urea groups is 1. The second-order valence-corrected chi connectivity index (χ2v) is 6.67. The Balaban J connectivity index is 1.71. The summed E-state index contributed by atoms with van der Waals surface area (Å²) >= 11 is 5.88. The van der Waals surface area contributed by atoms with Crippen molar-refractivity contribution < 1.29 is 19.1 Å². The Hall–Kier alpha value is -3.06. The lowest BCUT2D eigenvalue weighted by Gasteiger charge is -2.22. The number of nitrogens with zero attached hydrogens (tertiary/aromatic N) is 1. The van der Waals surface area contributed by atoms with Crippen LogP contribution >= 0.6 is 11.6 Å². The number of carbonyl (C=O) groups is 3. The smallest absolute Gasteiger partial charge is 0.325 e. The molecule has 27 heavy (non-hydrogen) atoms. The highest BCUT2D eigenvalue weighted by Gasteiger charge is 2.49. The summed E-state index contributed by atoms with van der Waals surface area (Å²) in [6, 6.07) is 12.7. The highest BCUT2D eigenvalue weighted by molar-refractivity contribution is 6.30. The molecule has 1 heterocycles. The van der Waals surface area contributed by atoms with Crippen molar-refractivity contribution in [1.82, 2.24) is 10.2 Å². The lowest BCUT2D eigenvalue weighted by atomic mass is 9.92. The summed E-state index contributed by atoms with van der Waals surface area (Å²) in [7, 11) is 1.54. The van der Waals surface area contributed by atoms with Crippen molar-refractivity contribution in [1.29, 1.82) is 0 Å². The van der Waals surface area contributed by atoms with Crippen LogP contribution in [0.4, 0.5) is 10.5 Å². The fourth-order valence-corrected chi connectivity index (χ4v) is 2.96. The van der Waals surface area contributed by atoms with Gasteiger partial charge in [-0.1, -0.05) is 23.7 Å². The number of methoxy groups -OCH3 is 1. The van der Waals surface area contributed by atoms with Crippen LogP contribution in [0.15, 0.2) is 48.5 Å². The molecule has 0 bridgehead atoms. The van der Waals surface area contributed by atoms with E-state index in [1.165, 1.54) is 0 Å². The van der Waals surface area contributed by atoms with Gasteiger partial charge in [-0.2, -0.15) is 0 Å². The average molecular weight is 388 g/mol. The van der Waals surface area contributed by atoms with Crippen LogP contribution in [-0.2, 0) is 15.1 Å². The molecular formula is C19H18ClN3O4. The molecule has 0 spiro atoms. The van der Waals surface area contributed by atoms with Gasteiger partial charge in [-0.3, -0.25) is 14.5 Å². The summed E-state index contributed by atoms with van der Waals surface area (Å²) in [5, 5.41) is 5.82. The predicted octanol–water partition coefficient (Wildman–Crippen LogP) is 2.75. The normalized spacial score (nSPS) is 19.0. The molecule has 1 saturated heterocycles. The van der Waals surface area contributed by atoms with Crippen molar-refractivity contribution in [3.05, 3.63) is 59.1 Å². The highest BCUT2D eigenvalue weighted by atomic mass is 35.5. The number of nitrogens with one attached hydrogen (secondary N) is 2. The van der Waals surface area contributed by atoms with E-state index in [2.05, 4.69) is 10.6 Å². The quantitative estimate of drug-likeness (QED) is 0.772. The van der Waals surface area contributed by atoms with E-state index < -0.39 is 23.4 Å². The topological polar surface area (TPSA) is 87.7 Å². The van der Waals surface area contributed by atoms with Crippen LogP contribution in [0.5, 0.6) is 5.75 Å². The van der Waals surface area contributed by atoms with Crippen LogP contribution in [-0.4, -0.2) is 36.4 Å². The van der Waals surface area contributed by atoms with Gasteiger partial charge in [0.25, 0.3) is 5.91 Å². The molecule has 2 aromatic carbocycles. The molecule has 7 nitrogen and oxygen atoms in total. The molecule has 0 saturated carbocycles. The minimum absolute atomic E-state index is 0.389. The zero-order chi connectivity index (χ0) is 19.6.